The van der Waals surface area contributed by atoms with Gasteiger partial charge in [0.15, 0.2) is 8.32 Å². The van der Waals surface area contributed by atoms with Gasteiger partial charge in [0.25, 0.3) is 0 Å². The molecule has 1 aromatic heterocycles. The molecule has 0 atom stereocenters. The number of nitrogen functional groups attached to an aromatic ring is 1. The van der Waals surface area contributed by atoms with Crippen LogP contribution in [-0.4, -0.2) is 30.3 Å². The number of esters is 1. The Labute approximate surface area is 232 Å². The Hall–Kier alpha value is -2.24. The van der Waals surface area contributed by atoms with Gasteiger partial charge in [-0.25, -0.2) is 9.18 Å². The molecule has 2 aromatic carbocycles. The van der Waals surface area contributed by atoms with Crippen LogP contribution in [0.25, 0.3) is 10.9 Å². The highest BCUT2D eigenvalue weighted by atomic mass is 127. The first-order valence-electron chi connectivity index (χ1n) is 12.5. The molecule has 9 heteroatoms. The van der Waals surface area contributed by atoms with Crippen LogP contribution in [0, 0.1) is 5.82 Å². The van der Waals surface area contributed by atoms with Crippen molar-refractivity contribution in [2.24, 2.45) is 0 Å². The van der Waals surface area contributed by atoms with Crippen LogP contribution in [0.1, 0.15) is 60.7 Å². The molecule has 3 aromatic rings. The van der Waals surface area contributed by atoms with Gasteiger partial charge in [-0.1, -0.05) is 54.6 Å². The highest BCUT2D eigenvalue weighted by Crippen LogP contribution is 2.40. The third-order valence-electron chi connectivity index (χ3n) is 7.31. The van der Waals surface area contributed by atoms with Gasteiger partial charge >= 0.3 is 5.97 Å². The van der Waals surface area contributed by atoms with Crippen LogP contribution in [0.2, 0.25) is 18.1 Å². The smallest absolute Gasteiger partial charge is 0.343 e. The Bertz CT molecular complexity index is 1370. The number of hydrogen-bond acceptors (Lipinski definition) is 5. The first kappa shape index (κ1) is 29.3. The van der Waals surface area contributed by atoms with E-state index >= 15 is 0 Å². The van der Waals surface area contributed by atoms with Crippen molar-refractivity contribution >= 4 is 53.5 Å². The summed E-state index contributed by atoms with van der Waals surface area (Å²) in [5, 5.41) is 0.100. The zero-order valence-corrected chi connectivity index (χ0v) is 25.3. The second-order valence-electron chi connectivity index (χ2n) is 10.6. The SMILES string of the molecule is CCOC(=O)c1cn(CCCC(C)(C)[Si](C)(C)O)c2c(N)cc(Cc3cccc(CI)c3F)cc2c1=O. The summed E-state index contributed by atoms with van der Waals surface area (Å²) in [4.78, 5) is 36.7. The van der Waals surface area contributed by atoms with Crippen molar-refractivity contribution < 1.29 is 18.7 Å². The van der Waals surface area contributed by atoms with Crippen LogP contribution < -0.4 is 11.2 Å². The maximum Gasteiger partial charge on any atom is 0.343 e. The standard InChI is InChI=1S/C28H36FIN2O4Si/c1-6-36-27(34)22-17-32(12-8-11-28(2,3)37(4,5)35)25-21(26(22)33)14-18(15-23(25)31)13-19-9-7-10-20(16-30)24(19)29/h7,9-10,14-15,17,35H,6,8,11-13,16,31H2,1-5H3. The van der Waals surface area contributed by atoms with Gasteiger partial charge in [0.05, 0.1) is 17.8 Å². The molecule has 0 aliphatic rings. The van der Waals surface area contributed by atoms with E-state index in [2.05, 4.69) is 36.4 Å². The van der Waals surface area contributed by atoms with Gasteiger partial charge in [-0.15, -0.1) is 0 Å². The fourth-order valence-electron chi connectivity index (χ4n) is 4.36. The number of nitrogens with zero attached hydrogens (tertiary/aromatic N) is 1. The molecule has 3 rings (SSSR count). The number of aryl methyl sites for hydroxylation is 1. The Morgan fingerprint density at radius 2 is 1.92 bits per heavy atom. The third-order valence-corrected chi connectivity index (χ3v) is 11.7. The Morgan fingerprint density at radius 1 is 1.24 bits per heavy atom. The molecule has 0 radical (unpaired) electrons. The number of aromatic nitrogens is 1. The number of anilines is 1. The molecule has 0 fully saturated rings. The molecule has 1 heterocycles. The summed E-state index contributed by atoms with van der Waals surface area (Å²) in [6.07, 6.45) is 3.29. The van der Waals surface area contributed by atoms with Gasteiger partial charge in [0.2, 0.25) is 5.43 Å². The van der Waals surface area contributed by atoms with E-state index in [0.29, 0.717) is 44.3 Å². The molecule has 0 amide bonds. The molecular formula is C28H36FIN2O4Si. The number of hydrogen-bond donors (Lipinski definition) is 2. The second kappa shape index (κ2) is 11.7. The summed E-state index contributed by atoms with van der Waals surface area (Å²) in [5.74, 6) is -0.941. The molecule has 6 nitrogen and oxygen atoms in total. The Balaban J connectivity index is 2.09. The minimum Gasteiger partial charge on any atom is -0.462 e. The summed E-state index contributed by atoms with van der Waals surface area (Å²) in [6.45, 7) is 10.3. The van der Waals surface area contributed by atoms with E-state index in [1.165, 1.54) is 6.20 Å². The molecule has 3 N–H and O–H groups in total. The van der Waals surface area contributed by atoms with E-state index in [0.717, 1.165) is 12.8 Å². The lowest BCUT2D eigenvalue weighted by molar-refractivity contribution is 0.0524. The first-order valence-corrected chi connectivity index (χ1v) is 16.9. The van der Waals surface area contributed by atoms with Crippen molar-refractivity contribution in [3.8, 4) is 0 Å². The quantitative estimate of drug-likeness (QED) is 0.0910. The molecule has 0 aliphatic carbocycles. The van der Waals surface area contributed by atoms with Crippen molar-refractivity contribution in [1.29, 1.82) is 0 Å². The summed E-state index contributed by atoms with van der Waals surface area (Å²) < 4.78 is 22.5. The first-order chi connectivity index (χ1) is 17.3. The van der Waals surface area contributed by atoms with Crippen molar-refractivity contribution in [2.45, 2.75) is 69.1 Å². The number of carbonyl (C=O) groups excluding carboxylic acids is 1. The van der Waals surface area contributed by atoms with E-state index < -0.39 is 19.7 Å². The number of halogens is 2. The zero-order chi connectivity index (χ0) is 27.5. The lowest BCUT2D eigenvalue weighted by Crippen LogP contribution is -2.39. The predicted octanol–water partition coefficient (Wildman–Crippen LogP) is 6.18. The van der Waals surface area contributed by atoms with Gasteiger partial charge in [-0.3, -0.25) is 4.79 Å². The van der Waals surface area contributed by atoms with Crippen molar-refractivity contribution in [2.75, 3.05) is 12.3 Å². The fraction of sp³-hybridized carbons (Fsp3) is 0.429. The van der Waals surface area contributed by atoms with Crippen LogP contribution in [0.15, 0.2) is 41.3 Å². The average Bonchev–Trinajstić information content (AvgIpc) is 2.81. The number of fused-ring (bicyclic) bond motifs is 1. The molecule has 0 saturated heterocycles. The monoisotopic (exact) mass is 638 g/mol. The van der Waals surface area contributed by atoms with Crippen molar-refractivity contribution in [3.05, 3.63) is 74.8 Å². The number of benzene rings is 2. The zero-order valence-electron chi connectivity index (χ0n) is 22.2. The second-order valence-corrected chi connectivity index (χ2v) is 15.8. The van der Waals surface area contributed by atoms with Crippen LogP contribution in [0.3, 0.4) is 0 Å². The fourth-order valence-corrected chi connectivity index (χ4v) is 5.74. The predicted molar refractivity (Wildman–Crippen MR) is 158 cm³/mol. The minimum atomic E-state index is -2.38. The number of rotatable bonds is 10. The van der Waals surface area contributed by atoms with E-state index in [1.54, 1.807) is 31.2 Å². The molecule has 37 heavy (non-hydrogen) atoms. The van der Waals surface area contributed by atoms with Gasteiger partial charge in [-0.2, -0.15) is 0 Å². The molecule has 0 unspecified atom stereocenters. The molecule has 0 spiro atoms. The normalized spacial score (nSPS) is 12.2. The lowest BCUT2D eigenvalue weighted by Gasteiger charge is -2.35. The van der Waals surface area contributed by atoms with Gasteiger partial charge in [0.1, 0.15) is 11.4 Å². The highest BCUT2D eigenvalue weighted by Gasteiger charge is 2.37. The number of pyridine rings is 1. The largest absolute Gasteiger partial charge is 0.462 e. The van der Waals surface area contributed by atoms with E-state index in [9.17, 15) is 18.8 Å². The van der Waals surface area contributed by atoms with Gasteiger partial charge < -0.3 is 19.8 Å². The van der Waals surface area contributed by atoms with Crippen molar-refractivity contribution in [3.63, 3.8) is 0 Å². The average molecular weight is 639 g/mol. The van der Waals surface area contributed by atoms with Crippen LogP contribution >= 0.6 is 22.6 Å². The van der Waals surface area contributed by atoms with E-state index in [4.69, 9.17) is 10.5 Å². The minimum absolute atomic E-state index is 0.0555. The topological polar surface area (TPSA) is 94.6 Å². The van der Waals surface area contributed by atoms with Crippen LogP contribution in [0.4, 0.5) is 10.1 Å². The summed E-state index contributed by atoms with van der Waals surface area (Å²) in [6, 6.07) is 8.78. The number of nitrogens with two attached hydrogens (primary N) is 1. The van der Waals surface area contributed by atoms with Crippen molar-refractivity contribution in [1.82, 2.24) is 4.57 Å². The molecule has 0 saturated carbocycles. The Kier molecular flexibility index (Phi) is 9.23. The lowest BCUT2D eigenvalue weighted by atomic mass is 9.99. The summed E-state index contributed by atoms with van der Waals surface area (Å²) in [7, 11) is -2.38. The number of ether oxygens (including phenoxy) is 1. The van der Waals surface area contributed by atoms with E-state index in [-0.39, 0.29) is 29.4 Å². The molecule has 0 aliphatic heterocycles. The highest BCUT2D eigenvalue weighted by molar-refractivity contribution is 14.1. The number of carbonyl (C=O) groups is 1. The van der Waals surface area contributed by atoms with Crippen LogP contribution in [0.5, 0.6) is 0 Å². The molecule has 0 bridgehead atoms. The van der Waals surface area contributed by atoms with Crippen LogP contribution in [-0.2, 0) is 22.1 Å². The van der Waals surface area contributed by atoms with Gasteiger partial charge in [-0.05, 0) is 66.7 Å². The van der Waals surface area contributed by atoms with E-state index in [1.807, 2.05) is 23.7 Å². The maximum atomic E-state index is 14.9. The van der Waals surface area contributed by atoms with Gasteiger partial charge in [0, 0.05) is 29.0 Å². The summed E-state index contributed by atoms with van der Waals surface area (Å²) in [5.41, 5.74) is 8.74. The third kappa shape index (κ3) is 6.43. The molecule has 200 valence electrons. The number of alkyl halides is 1. The molecular weight excluding hydrogens is 602 g/mol. The summed E-state index contributed by atoms with van der Waals surface area (Å²) >= 11 is 2.13. The Morgan fingerprint density at radius 3 is 2.54 bits per heavy atom. The maximum absolute atomic E-state index is 14.9.